The first-order valence-corrected chi connectivity index (χ1v) is 6.98. The van der Waals surface area contributed by atoms with Gasteiger partial charge in [-0.25, -0.2) is 17.6 Å². The molecule has 0 radical (unpaired) electrons. The van der Waals surface area contributed by atoms with Crippen molar-refractivity contribution in [1.29, 1.82) is 0 Å². The summed E-state index contributed by atoms with van der Waals surface area (Å²) in [5.41, 5.74) is 0.295. The Balaban J connectivity index is 2.36. The van der Waals surface area contributed by atoms with Crippen molar-refractivity contribution in [2.24, 2.45) is 0 Å². The van der Waals surface area contributed by atoms with Crippen LogP contribution < -0.4 is 5.32 Å². The average molecular weight is 362 g/mol. The van der Waals surface area contributed by atoms with E-state index in [0.717, 1.165) is 18.2 Å². The second kappa shape index (κ2) is 6.58. The zero-order chi connectivity index (χ0) is 15.6. The topological polar surface area (TPSA) is 12.0 Å². The third-order valence-electron chi connectivity index (χ3n) is 3.20. The SMILES string of the molecule is CNC(Cc1ccc(F)c(F)c1)c1c(F)ccc(Br)c1F. The van der Waals surface area contributed by atoms with Gasteiger partial charge in [-0.3, -0.25) is 0 Å². The largest absolute Gasteiger partial charge is 0.313 e. The van der Waals surface area contributed by atoms with Gasteiger partial charge in [0, 0.05) is 11.6 Å². The van der Waals surface area contributed by atoms with E-state index in [1.54, 1.807) is 7.05 Å². The van der Waals surface area contributed by atoms with Crippen molar-refractivity contribution in [2.45, 2.75) is 12.5 Å². The summed E-state index contributed by atoms with van der Waals surface area (Å²) >= 11 is 3.01. The molecule has 0 bridgehead atoms. The molecule has 0 aromatic heterocycles. The van der Waals surface area contributed by atoms with Crippen molar-refractivity contribution in [2.75, 3.05) is 7.05 Å². The zero-order valence-electron chi connectivity index (χ0n) is 11.1. The maximum atomic E-state index is 14.1. The van der Waals surface area contributed by atoms with Crippen molar-refractivity contribution in [1.82, 2.24) is 5.32 Å². The van der Waals surface area contributed by atoms with E-state index in [1.165, 1.54) is 12.1 Å². The van der Waals surface area contributed by atoms with Crippen LogP contribution in [0, 0.1) is 23.3 Å². The molecule has 0 aliphatic rings. The molecule has 0 aliphatic carbocycles. The molecule has 1 atom stereocenters. The number of nitrogens with one attached hydrogen (secondary N) is 1. The van der Waals surface area contributed by atoms with Gasteiger partial charge in [0.25, 0.3) is 0 Å². The van der Waals surface area contributed by atoms with Gasteiger partial charge >= 0.3 is 0 Å². The van der Waals surface area contributed by atoms with Gasteiger partial charge in [-0.1, -0.05) is 6.07 Å². The van der Waals surface area contributed by atoms with Gasteiger partial charge in [-0.05, 0) is 59.2 Å². The van der Waals surface area contributed by atoms with E-state index in [1.807, 2.05) is 0 Å². The minimum atomic E-state index is -0.988. The smallest absolute Gasteiger partial charge is 0.159 e. The molecule has 21 heavy (non-hydrogen) atoms. The van der Waals surface area contributed by atoms with Crippen LogP contribution in [-0.4, -0.2) is 7.05 Å². The van der Waals surface area contributed by atoms with Gasteiger partial charge in [0.1, 0.15) is 11.6 Å². The lowest BCUT2D eigenvalue weighted by Crippen LogP contribution is -2.22. The highest BCUT2D eigenvalue weighted by molar-refractivity contribution is 9.10. The molecule has 0 spiro atoms. The van der Waals surface area contributed by atoms with Gasteiger partial charge < -0.3 is 5.32 Å². The highest BCUT2D eigenvalue weighted by Crippen LogP contribution is 2.29. The molecule has 1 unspecified atom stereocenters. The quantitative estimate of drug-likeness (QED) is 0.624. The van der Waals surface area contributed by atoms with E-state index in [0.29, 0.717) is 5.56 Å². The van der Waals surface area contributed by atoms with Crippen LogP contribution in [0.5, 0.6) is 0 Å². The molecule has 0 heterocycles. The Kier molecular flexibility index (Phi) is 5.00. The fourth-order valence-corrected chi connectivity index (χ4v) is 2.46. The molecule has 2 aromatic rings. The average Bonchev–Trinajstić information content (AvgIpc) is 2.46. The van der Waals surface area contributed by atoms with Gasteiger partial charge in [-0.2, -0.15) is 0 Å². The van der Waals surface area contributed by atoms with Gasteiger partial charge in [0.05, 0.1) is 4.47 Å². The predicted octanol–water partition coefficient (Wildman–Crippen LogP) is 4.51. The molecule has 112 valence electrons. The summed E-state index contributed by atoms with van der Waals surface area (Å²) in [6.07, 6.45) is 0.123. The number of likely N-dealkylation sites (N-methyl/N-ethyl adjacent to an activating group) is 1. The van der Waals surface area contributed by atoms with E-state index < -0.39 is 29.3 Å². The first-order chi connectivity index (χ1) is 9.93. The maximum Gasteiger partial charge on any atom is 0.159 e. The molecule has 2 aromatic carbocycles. The molecule has 0 saturated heterocycles. The third-order valence-corrected chi connectivity index (χ3v) is 3.81. The molecule has 6 heteroatoms. The van der Waals surface area contributed by atoms with E-state index in [-0.39, 0.29) is 16.5 Å². The van der Waals surface area contributed by atoms with Crippen LogP contribution in [0.2, 0.25) is 0 Å². The molecular weight excluding hydrogens is 350 g/mol. The van der Waals surface area contributed by atoms with Crippen molar-refractivity contribution in [3.8, 4) is 0 Å². The lowest BCUT2D eigenvalue weighted by molar-refractivity contribution is 0.482. The minimum absolute atomic E-state index is 0.123. The summed E-state index contributed by atoms with van der Waals surface area (Å²) in [7, 11) is 1.55. The molecule has 0 fully saturated rings. The molecule has 0 amide bonds. The lowest BCUT2D eigenvalue weighted by Gasteiger charge is -2.19. The summed E-state index contributed by atoms with van der Waals surface area (Å²) in [6, 6.07) is 5.12. The van der Waals surface area contributed by atoms with Crippen LogP contribution in [0.4, 0.5) is 17.6 Å². The number of hydrogen-bond donors (Lipinski definition) is 1. The van der Waals surface area contributed by atoms with Gasteiger partial charge in [0.2, 0.25) is 0 Å². The lowest BCUT2D eigenvalue weighted by atomic mass is 9.98. The van der Waals surface area contributed by atoms with Crippen molar-refractivity contribution >= 4 is 15.9 Å². The molecular formula is C15H12BrF4N. The van der Waals surface area contributed by atoms with Crippen LogP contribution in [0.1, 0.15) is 17.2 Å². The number of rotatable bonds is 4. The summed E-state index contributed by atoms with van der Waals surface area (Å²) < 4.78 is 54.2. The summed E-state index contributed by atoms with van der Waals surface area (Å²) in [6.45, 7) is 0. The molecule has 2 rings (SSSR count). The van der Waals surface area contributed by atoms with Crippen LogP contribution in [0.15, 0.2) is 34.8 Å². The van der Waals surface area contributed by atoms with E-state index in [2.05, 4.69) is 21.2 Å². The Bertz CT molecular complexity index is 660. The Morgan fingerprint density at radius 2 is 1.67 bits per heavy atom. The van der Waals surface area contributed by atoms with Gasteiger partial charge in [0.15, 0.2) is 11.6 Å². The second-order valence-electron chi connectivity index (χ2n) is 4.55. The first kappa shape index (κ1) is 16.0. The predicted molar refractivity (Wildman–Crippen MR) is 75.9 cm³/mol. The third kappa shape index (κ3) is 3.44. The number of halogens is 5. The van der Waals surface area contributed by atoms with Crippen LogP contribution in [0.3, 0.4) is 0 Å². The maximum absolute atomic E-state index is 14.1. The summed E-state index contributed by atoms with van der Waals surface area (Å²) in [5.74, 6) is -3.35. The summed E-state index contributed by atoms with van der Waals surface area (Å²) in [5, 5.41) is 2.79. The van der Waals surface area contributed by atoms with E-state index in [4.69, 9.17) is 0 Å². The normalized spacial score (nSPS) is 12.5. The fourth-order valence-electron chi connectivity index (χ4n) is 2.11. The number of hydrogen-bond acceptors (Lipinski definition) is 1. The van der Waals surface area contributed by atoms with Crippen molar-refractivity contribution in [3.05, 3.63) is 69.2 Å². The molecule has 1 N–H and O–H groups in total. The fraction of sp³-hybridized carbons (Fsp3) is 0.200. The van der Waals surface area contributed by atoms with Crippen molar-refractivity contribution < 1.29 is 17.6 Å². The molecule has 0 saturated carbocycles. The highest BCUT2D eigenvalue weighted by Gasteiger charge is 2.21. The summed E-state index contributed by atoms with van der Waals surface area (Å²) in [4.78, 5) is 0. The first-order valence-electron chi connectivity index (χ1n) is 6.18. The standard InChI is InChI=1S/C15H12BrF4N/c1-21-13(7-8-2-4-10(17)12(19)6-8)14-11(18)5-3-9(16)15(14)20/h2-6,13,21H,7H2,1H3. The Morgan fingerprint density at radius 3 is 2.29 bits per heavy atom. The van der Waals surface area contributed by atoms with Crippen LogP contribution in [0.25, 0.3) is 0 Å². The highest BCUT2D eigenvalue weighted by atomic mass is 79.9. The van der Waals surface area contributed by atoms with E-state index in [9.17, 15) is 17.6 Å². The van der Waals surface area contributed by atoms with Crippen LogP contribution in [-0.2, 0) is 6.42 Å². The van der Waals surface area contributed by atoms with Crippen molar-refractivity contribution in [3.63, 3.8) is 0 Å². The minimum Gasteiger partial charge on any atom is -0.313 e. The Hall–Kier alpha value is -1.40. The Morgan fingerprint density at radius 1 is 1.00 bits per heavy atom. The Labute approximate surface area is 128 Å². The van der Waals surface area contributed by atoms with Crippen LogP contribution >= 0.6 is 15.9 Å². The second-order valence-corrected chi connectivity index (χ2v) is 5.41. The number of benzene rings is 2. The molecule has 1 nitrogen and oxygen atoms in total. The van der Waals surface area contributed by atoms with Gasteiger partial charge in [-0.15, -0.1) is 0 Å². The van der Waals surface area contributed by atoms with E-state index >= 15 is 0 Å². The molecule has 0 aliphatic heterocycles. The zero-order valence-corrected chi connectivity index (χ0v) is 12.6. The monoisotopic (exact) mass is 361 g/mol.